The molecule has 3 rings (SSSR count). The number of halogens is 1. The maximum Gasteiger partial charge on any atom is 0.166 e. The molecular weight excluding hydrogens is 476 g/mol. The van der Waals surface area contributed by atoms with Gasteiger partial charge in [-0.1, -0.05) is 44.5 Å². The maximum absolute atomic E-state index is 7.02. The second-order valence-electron chi connectivity index (χ2n) is 10.9. The van der Waals surface area contributed by atoms with Crippen molar-refractivity contribution in [3.05, 3.63) is 52.5 Å². The van der Waals surface area contributed by atoms with Crippen molar-refractivity contribution in [2.45, 2.75) is 65.2 Å². The fourth-order valence-electron chi connectivity index (χ4n) is 5.01. The van der Waals surface area contributed by atoms with Gasteiger partial charge in [0.15, 0.2) is 11.5 Å². The summed E-state index contributed by atoms with van der Waals surface area (Å²) in [6.45, 7) is 11.7. The van der Waals surface area contributed by atoms with Gasteiger partial charge in [-0.15, -0.1) is 0 Å². The van der Waals surface area contributed by atoms with Crippen molar-refractivity contribution in [3.8, 4) is 11.5 Å². The highest BCUT2D eigenvalue weighted by Crippen LogP contribution is 2.48. The molecule has 2 atom stereocenters. The first kappa shape index (κ1) is 28.3. The number of aliphatic imine (C=N–C) groups is 1. The number of ether oxygens (including phenoxy) is 4. The highest BCUT2D eigenvalue weighted by atomic mass is 35.5. The Labute approximate surface area is 221 Å². The number of fused-ring (bicyclic) bond motifs is 1. The Morgan fingerprint density at radius 1 is 1.08 bits per heavy atom. The van der Waals surface area contributed by atoms with E-state index in [2.05, 4.69) is 45.6 Å². The molecule has 0 saturated heterocycles. The highest BCUT2D eigenvalue weighted by Gasteiger charge is 2.45. The zero-order valence-electron chi connectivity index (χ0n) is 23.1. The van der Waals surface area contributed by atoms with Gasteiger partial charge in [0, 0.05) is 49.0 Å². The van der Waals surface area contributed by atoms with Crippen LogP contribution in [0.15, 0.2) is 41.4 Å². The molecule has 0 amide bonds. The number of rotatable bonds is 7. The summed E-state index contributed by atoms with van der Waals surface area (Å²) >= 11 is 6.59. The van der Waals surface area contributed by atoms with Gasteiger partial charge in [0.05, 0.1) is 25.9 Å². The van der Waals surface area contributed by atoms with Crippen LogP contribution in [0.3, 0.4) is 0 Å². The lowest BCUT2D eigenvalue weighted by atomic mass is 9.87. The molecule has 1 heterocycles. The fourth-order valence-corrected chi connectivity index (χ4v) is 5.19. The normalized spacial score (nSPS) is 20.1. The molecule has 0 aliphatic carbocycles. The molecule has 0 fully saturated rings. The summed E-state index contributed by atoms with van der Waals surface area (Å²) in [4.78, 5) is 7.15. The van der Waals surface area contributed by atoms with Crippen LogP contribution in [-0.4, -0.2) is 52.5 Å². The zero-order chi connectivity index (χ0) is 26.7. The minimum absolute atomic E-state index is 0.0438. The van der Waals surface area contributed by atoms with E-state index in [1.54, 1.807) is 21.3 Å². The monoisotopic (exact) mass is 516 g/mol. The second-order valence-corrected chi connectivity index (χ2v) is 11.4. The molecule has 0 saturated carbocycles. The molecule has 198 valence electrons. The molecule has 0 aromatic heterocycles. The molecule has 2 aromatic rings. The van der Waals surface area contributed by atoms with Gasteiger partial charge in [-0.2, -0.15) is 0 Å². The maximum atomic E-state index is 7.02. The van der Waals surface area contributed by atoms with E-state index in [9.17, 15) is 0 Å². The molecule has 0 bridgehead atoms. The lowest BCUT2D eigenvalue weighted by Crippen LogP contribution is -2.56. The molecule has 0 spiro atoms. The van der Waals surface area contributed by atoms with Gasteiger partial charge >= 0.3 is 0 Å². The Balaban J connectivity index is 2.33. The number of nitrogens with zero attached hydrogens (tertiary/aromatic N) is 2. The van der Waals surface area contributed by atoms with Crippen molar-refractivity contribution >= 4 is 23.1 Å². The number of amidine groups is 1. The first-order chi connectivity index (χ1) is 17.0. The van der Waals surface area contributed by atoms with Crippen LogP contribution in [0.1, 0.15) is 64.7 Å². The molecule has 2 aromatic carbocycles. The fraction of sp³-hybridized carbons (Fsp3) is 0.552. The first-order valence-electron chi connectivity index (χ1n) is 12.4. The largest absolute Gasteiger partial charge is 0.493 e. The van der Waals surface area contributed by atoms with Crippen molar-refractivity contribution in [1.82, 2.24) is 0 Å². The van der Waals surface area contributed by atoms with Crippen LogP contribution in [0, 0.1) is 5.41 Å². The highest BCUT2D eigenvalue weighted by molar-refractivity contribution is 6.30. The third kappa shape index (κ3) is 5.82. The van der Waals surface area contributed by atoms with Crippen LogP contribution in [0.5, 0.6) is 11.5 Å². The molecule has 1 aliphatic heterocycles. The first-order valence-corrected chi connectivity index (χ1v) is 12.8. The molecule has 0 N–H and O–H groups in total. The molecule has 6 nitrogen and oxygen atoms in total. The zero-order valence-corrected chi connectivity index (χ0v) is 23.9. The summed E-state index contributed by atoms with van der Waals surface area (Å²) in [5.74, 6) is 2.30. The quantitative estimate of drug-likeness (QED) is 0.295. The second kappa shape index (κ2) is 11.4. The van der Waals surface area contributed by atoms with E-state index in [-0.39, 0.29) is 11.5 Å². The van der Waals surface area contributed by atoms with E-state index in [1.807, 2.05) is 37.4 Å². The van der Waals surface area contributed by atoms with Gasteiger partial charge in [-0.25, -0.2) is 0 Å². The smallest absolute Gasteiger partial charge is 0.166 e. The van der Waals surface area contributed by atoms with Crippen LogP contribution in [0.2, 0.25) is 5.02 Å². The number of hydrogen-bond acceptors (Lipinski definition) is 5. The van der Waals surface area contributed by atoms with Gasteiger partial charge in [0.1, 0.15) is 11.9 Å². The summed E-state index contributed by atoms with van der Waals surface area (Å²) in [7, 11) is 6.88. The average Bonchev–Trinajstić information content (AvgIpc) is 2.91. The number of methoxy groups -OCH3 is 3. The molecule has 0 radical (unpaired) electrons. The number of benzene rings is 2. The Bertz CT molecular complexity index is 1080. The summed E-state index contributed by atoms with van der Waals surface area (Å²) in [5, 5.41) is 0.642. The molecule has 7 heteroatoms. The summed E-state index contributed by atoms with van der Waals surface area (Å²) < 4.78 is 24.0. The Hall–Kier alpha value is -2.28. The molecular formula is C29H41ClN2O4. The predicted molar refractivity (Wildman–Crippen MR) is 148 cm³/mol. The van der Waals surface area contributed by atoms with Crippen molar-refractivity contribution in [2.24, 2.45) is 10.4 Å². The van der Waals surface area contributed by atoms with Crippen molar-refractivity contribution in [1.29, 1.82) is 0 Å². The van der Waals surface area contributed by atoms with Crippen LogP contribution < -0.4 is 14.4 Å². The lowest BCUT2D eigenvalue weighted by Gasteiger charge is -2.45. The van der Waals surface area contributed by atoms with Crippen LogP contribution >= 0.6 is 11.6 Å². The lowest BCUT2D eigenvalue weighted by molar-refractivity contribution is -0.0372. The molecule has 1 aliphatic rings. The van der Waals surface area contributed by atoms with E-state index in [1.165, 1.54) is 0 Å². The Morgan fingerprint density at radius 3 is 2.39 bits per heavy atom. The van der Waals surface area contributed by atoms with Gasteiger partial charge in [-0.05, 0) is 49.9 Å². The van der Waals surface area contributed by atoms with Crippen LogP contribution in [-0.2, 0) is 9.47 Å². The van der Waals surface area contributed by atoms with E-state index in [0.717, 1.165) is 29.1 Å². The number of anilines is 1. The van der Waals surface area contributed by atoms with Crippen molar-refractivity contribution in [2.75, 3.05) is 39.9 Å². The average molecular weight is 517 g/mol. The van der Waals surface area contributed by atoms with E-state index in [4.69, 9.17) is 35.5 Å². The van der Waals surface area contributed by atoms with Crippen LogP contribution in [0.4, 0.5) is 5.69 Å². The van der Waals surface area contributed by atoms with E-state index in [0.29, 0.717) is 29.5 Å². The third-order valence-electron chi connectivity index (χ3n) is 6.68. The minimum atomic E-state index is -0.442. The van der Waals surface area contributed by atoms with E-state index >= 15 is 0 Å². The van der Waals surface area contributed by atoms with Crippen molar-refractivity contribution < 1.29 is 18.9 Å². The Kier molecular flexibility index (Phi) is 8.97. The summed E-state index contributed by atoms with van der Waals surface area (Å²) in [5.41, 5.74) is 2.46. The third-order valence-corrected chi connectivity index (χ3v) is 6.92. The Morgan fingerprint density at radius 2 is 1.81 bits per heavy atom. The number of hydrogen-bond donors (Lipinski definition) is 0. The molecule has 0 unspecified atom stereocenters. The topological polar surface area (TPSA) is 52.5 Å². The SMILES string of the molecule is C/N=C(/CC(C)(C)C)N1c2ccc(Cl)cc2[C@@H](c2cccc(OC)c2OC)O[C@H](CCOC)C1(C)C. The summed E-state index contributed by atoms with van der Waals surface area (Å²) in [6.07, 6.45) is 0.875. The number of para-hydroxylation sites is 1. The summed E-state index contributed by atoms with van der Waals surface area (Å²) in [6, 6.07) is 11.9. The van der Waals surface area contributed by atoms with Crippen LogP contribution in [0.25, 0.3) is 0 Å². The van der Waals surface area contributed by atoms with Gasteiger partial charge in [0.2, 0.25) is 0 Å². The standard InChI is InChI=1S/C29H41ClN2O4/c1-28(2,3)18-25(31-6)32-22-14-13-19(30)17-21(22)26(36-24(15-16-33-7)29(32,4)5)20-11-10-12-23(34-8)27(20)35-9/h10-14,17,24,26H,15-16,18H2,1-9H3/b31-25-/t24-,26-/m1/s1. The van der Waals surface area contributed by atoms with Gasteiger partial charge < -0.3 is 23.8 Å². The van der Waals surface area contributed by atoms with Gasteiger partial charge in [0.25, 0.3) is 0 Å². The van der Waals surface area contributed by atoms with Gasteiger partial charge in [-0.3, -0.25) is 4.99 Å². The van der Waals surface area contributed by atoms with Crippen molar-refractivity contribution in [3.63, 3.8) is 0 Å². The minimum Gasteiger partial charge on any atom is -0.493 e. The van der Waals surface area contributed by atoms with E-state index < -0.39 is 11.6 Å². The predicted octanol–water partition coefficient (Wildman–Crippen LogP) is 6.93. The molecule has 36 heavy (non-hydrogen) atoms.